The summed E-state index contributed by atoms with van der Waals surface area (Å²) in [6, 6.07) is -0.690. The van der Waals surface area contributed by atoms with Crippen LogP contribution < -0.4 is 5.69 Å². The predicted octanol–water partition coefficient (Wildman–Crippen LogP) is 0.414. The fraction of sp³-hybridized carbons (Fsp3) is 0.778. The van der Waals surface area contributed by atoms with Gasteiger partial charge in [-0.3, -0.25) is 14.2 Å². The van der Waals surface area contributed by atoms with Gasteiger partial charge in [-0.2, -0.15) is 5.10 Å². The van der Waals surface area contributed by atoms with Gasteiger partial charge in [-0.1, -0.05) is 6.92 Å². The molecule has 0 radical (unpaired) electrons. The molecule has 2 aliphatic rings. The molecule has 9 heteroatoms. The lowest BCUT2D eigenvalue weighted by Crippen LogP contribution is -2.52. The number of amides is 2. The Balaban J connectivity index is 1.79. The molecule has 2 saturated heterocycles. The van der Waals surface area contributed by atoms with Crippen LogP contribution in [0, 0.1) is 5.92 Å². The van der Waals surface area contributed by atoms with Crippen LogP contribution in [0.3, 0.4) is 0 Å². The molecule has 0 aromatic carbocycles. The highest BCUT2D eigenvalue weighted by atomic mass is 16.5. The number of hydrogen-bond donors (Lipinski definition) is 0. The predicted molar refractivity (Wildman–Crippen MR) is 98.2 cm³/mol. The molecular formula is C18H29N5O4. The van der Waals surface area contributed by atoms with Gasteiger partial charge >= 0.3 is 5.69 Å². The molecule has 27 heavy (non-hydrogen) atoms. The Kier molecular flexibility index (Phi) is 5.69. The Bertz CT molecular complexity index is 762. The number of carbonyl (C=O) groups excluding carboxylic acids is 2. The summed E-state index contributed by atoms with van der Waals surface area (Å²) in [7, 11) is 0. The fourth-order valence-corrected chi connectivity index (χ4v) is 3.82. The summed E-state index contributed by atoms with van der Waals surface area (Å²) < 4.78 is 8.67. The van der Waals surface area contributed by atoms with Gasteiger partial charge in [-0.05, 0) is 26.2 Å². The highest BCUT2D eigenvalue weighted by Crippen LogP contribution is 2.32. The van der Waals surface area contributed by atoms with Crippen molar-refractivity contribution in [3.05, 3.63) is 16.3 Å². The molecule has 9 nitrogen and oxygen atoms in total. The van der Waals surface area contributed by atoms with E-state index in [-0.39, 0.29) is 29.5 Å². The zero-order chi connectivity index (χ0) is 19.7. The van der Waals surface area contributed by atoms with Crippen molar-refractivity contribution in [1.82, 2.24) is 24.1 Å². The molecule has 0 N–H and O–H groups in total. The van der Waals surface area contributed by atoms with E-state index in [2.05, 4.69) is 12.0 Å². The van der Waals surface area contributed by atoms with E-state index < -0.39 is 6.04 Å². The monoisotopic (exact) mass is 379 g/mol. The second-order valence-corrected chi connectivity index (χ2v) is 7.39. The second kappa shape index (κ2) is 7.84. The fourth-order valence-electron chi connectivity index (χ4n) is 3.82. The molecule has 2 amide bonds. The van der Waals surface area contributed by atoms with Crippen molar-refractivity contribution in [3.8, 4) is 0 Å². The van der Waals surface area contributed by atoms with Crippen molar-refractivity contribution in [2.45, 2.75) is 52.8 Å². The van der Waals surface area contributed by atoms with Gasteiger partial charge in [0.25, 0.3) is 0 Å². The van der Waals surface area contributed by atoms with Gasteiger partial charge in [0.1, 0.15) is 12.1 Å². The van der Waals surface area contributed by atoms with Crippen LogP contribution in [0.4, 0.5) is 0 Å². The first-order chi connectivity index (χ1) is 12.8. The van der Waals surface area contributed by atoms with Crippen molar-refractivity contribution in [3.63, 3.8) is 0 Å². The molecule has 0 saturated carbocycles. The maximum Gasteiger partial charge on any atom is 0.346 e. The summed E-state index contributed by atoms with van der Waals surface area (Å²) >= 11 is 0. The van der Waals surface area contributed by atoms with Crippen LogP contribution in [-0.2, 0) is 20.9 Å². The maximum absolute atomic E-state index is 12.9. The van der Waals surface area contributed by atoms with Gasteiger partial charge < -0.3 is 14.5 Å². The van der Waals surface area contributed by atoms with Crippen molar-refractivity contribution >= 4 is 11.8 Å². The van der Waals surface area contributed by atoms with E-state index in [1.807, 2.05) is 6.92 Å². The van der Waals surface area contributed by atoms with Crippen LogP contribution in [0.5, 0.6) is 0 Å². The van der Waals surface area contributed by atoms with Crippen molar-refractivity contribution in [2.75, 3.05) is 32.8 Å². The molecule has 3 atom stereocenters. The number of carbonyl (C=O) groups is 2. The lowest BCUT2D eigenvalue weighted by Gasteiger charge is -2.35. The molecule has 0 spiro atoms. The number of ether oxygens (including phenoxy) is 1. The topological polar surface area (TPSA) is 89.7 Å². The van der Waals surface area contributed by atoms with Gasteiger partial charge in [-0.25, -0.2) is 9.48 Å². The van der Waals surface area contributed by atoms with E-state index in [1.54, 1.807) is 21.3 Å². The Hall–Kier alpha value is -2.16. The zero-order valence-corrected chi connectivity index (χ0v) is 16.6. The molecular weight excluding hydrogens is 350 g/mol. The smallest absolute Gasteiger partial charge is 0.346 e. The van der Waals surface area contributed by atoms with E-state index in [1.165, 1.54) is 11.6 Å². The van der Waals surface area contributed by atoms with Gasteiger partial charge in [-0.15, -0.1) is 0 Å². The molecule has 1 aromatic heterocycles. The highest BCUT2D eigenvalue weighted by molar-refractivity contribution is 5.80. The number of hydrogen-bond acceptors (Lipinski definition) is 5. The van der Waals surface area contributed by atoms with E-state index in [4.69, 9.17) is 4.74 Å². The van der Waals surface area contributed by atoms with E-state index in [0.29, 0.717) is 45.2 Å². The summed E-state index contributed by atoms with van der Waals surface area (Å²) in [6.45, 7) is 10.3. The van der Waals surface area contributed by atoms with Crippen LogP contribution in [0.2, 0.25) is 0 Å². The van der Waals surface area contributed by atoms with Crippen molar-refractivity contribution in [1.29, 1.82) is 0 Å². The number of nitrogens with zero attached hydrogens (tertiary/aromatic N) is 5. The summed E-state index contributed by atoms with van der Waals surface area (Å²) in [5.41, 5.74) is -0.279. The molecule has 3 rings (SSSR count). The Labute approximate surface area is 158 Å². The van der Waals surface area contributed by atoms with Crippen LogP contribution >= 0.6 is 0 Å². The SMILES string of the molecule is CCn1c([C@H]2OCC[C@H]2C)nn(C(C)C(=O)N2CCN(C(C)=O)CC2)c1=O. The molecule has 150 valence electrons. The molecule has 0 aliphatic carbocycles. The van der Waals surface area contributed by atoms with Crippen LogP contribution in [-0.4, -0.2) is 68.7 Å². The maximum atomic E-state index is 12.9. The highest BCUT2D eigenvalue weighted by Gasteiger charge is 2.34. The average molecular weight is 379 g/mol. The minimum Gasteiger partial charge on any atom is -0.370 e. The third kappa shape index (κ3) is 3.65. The third-order valence-corrected chi connectivity index (χ3v) is 5.63. The van der Waals surface area contributed by atoms with Crippen LogP contribution in [0.1, 0.15) is 52.1 Å². The lowest BCUT2D eigenvalue weighted by molar-refractivity contribution is -0.140. The van der Waals surface area contributed by atoms with Crippen LogP contribution in [0.15, 0.2) is 4.79 Å². The first kappa shape index (κ1) is 19.6. The minimum atomic E-state index is -0.690. The lowest BCUT2D eigenvalue weighted by atomic mass is 10.0. The molecule has 2 fully saturated rings. The number of aromatic nitrogens is 3. The van der Waals surface area contributed by atoms with Crippen molar-refractivity contribution < 1.29 is 14.3 Å². The molecule has 1 unspecified atom stereocenters. The summed E-state index contributed by atoms with van der Waals surface area (Å²) in [6.07, 6.45) is 0.727. The molecule has 0 bridgehead atoms. The Morgan fingerprint density at radius 2 is 1.85 bits per heavy atom. The largest absolute Gasteiger partial charge is 0.370 e. The second-order valence-electron chi connectivity index (χ2n) is 7.39. The van der Waals surface area contributed by atoms with Gasteiger partial charge in [0.15, 0.2) is 5.82 Å². The minimum absolute atomic E-state index is 0.0170. The zero-order valence-electron chi connectivity index (χ0n) is 16.6. The molecule has 2 aliphatic heterocycles. The first-order valence-electron chi connectivity index (χ1n) is 9.70. The van der Waals surface area contributed by atoms with Crippen LogP contribution in [0.25, 0.3) is 0 Å². The average Bonchev–Trinajstić information content (AvgIpc) is 3.23. The molecule has 1 aromatic rings. The quantitative estimate of drug-likeness (QED) is 0.756. The van der Waals surface area contributed by atoms with E-state index in [9.17, 15) is 14.4 Å². The van der Waals surface area contributed by atoms with Gasteiger partial charge in [0, 0.05) is 46.3 Å². The first-order valence-corrected chi connectivity index (χ1v) is 9.70. The Morgan fingerprint density at radius 3 is 2.37 bits per heavy atom. The van der Waals surface area contributed by atoms with Gasteiger partial charge in [0.05, 0.1) is 0 Å². The summed E-state index contributed by atoms with van der Waals surface area (Å²) in [5, 5.41) is 4.50. The normalized spacial score (nSPS) is 24.3. The van der Waals surface area contributed by atoms with Crippen molar-refractivity contribution in [2.24, 2.45) is 5.92 Å². The number of rotatable bonds is 4. The molecule has 3 heterocycles. The Morgan fingerprint density at radius 1 is 1.22 bits per heavy atom. The van der Waals surface area contributed by atoms with E-state index >= 15 is 0 Å². The third-order valence-electron chi connectivity index (χ3n) is 5.63. The van der Waals surface area contributed by atoms with Gasteiger partial charge in [0.2, 0.25) is 11.8 Å². The summed E-state index contributed by atoms with van der Waals surface area (Å²) in [5.74, 6) is 0.765. The number of piperazine rings is 1. The van der Waals surface area contributed by atoms with E-state index in [0.717, 1.165) is 6.42 Å². The summed E-state index contributed by atoms with van der Waals surface area (Å²) in [4.78, 5) is 40.6. The standard InChI is InChI=1S/C18H29N5O4/c1-5-22-16(15-12(2)6-11-27-15)19-23(18(22)26)13(3)17(25)21-9-7-20(8-10-21)14(4)24/h12-13,15H,5-11H2,1-4H3/t12-,13?,15+/m1/s1.